The standard InChI is InChI=1S/C26H28N4OS/c27-22-15-8-7-14-21(22)18-28-26(32)30-17-9-16-23(30)25(31)29-24(19-10-3-1-4-11-19)20-12-5-2-6-13-20/h1-8,10-15,23-24H,9,16-18,27H2,(H,28,32)(H,29,31)/t23-/m0/s1. The summed E-state index contributed by atoms with van der Waals surface area (Å²) in [5, 5.41) is 7.14. The number of likely N-dealkylation sites (tertiary alicyclic amines) is 1. The van der Waals surface area contributed by atoms with Gasteiger partial charge in [-0.1, -0.05) is 78.9 Å². The Bertz CT molecular complexity index is 1020. The molecule has 0 bridgehead atoms. The molecule has 1 fully saturated rings. The molecule has 32 heavy (non-hydrogen) atoms. The highest BCUT2D eigenvalue weighted by Crippen LogP contribution is 2.24. The maximum absolute atomic E-state index is 13.4. The molecule has 3 aromatic rings. The van der Waals surface area contributed by atoms with E-state index in [4.69, 9.17) is 18.0 Å². The number of anilines is 1. The van der Waals surface area contributed by atoms with Crippen LogP contribution < -0.4 is 16.4 Å². The number of hydrogen-bond donors (Lipinski definition) is 3. The predicted molar refractivity (Wildman–Crippen MR) is 133 cm³/mol. The van der Waals surface area contributed by atoms with E-state index >= 15 is 0 Å². The largest absolute Gasteiger partial charge is 0.398 e. The van der Waals surface area contributed by atoms with E-state index in [9.17, 15) is 4.79 Å². The number of hydrogen-bond acceptors (Lipinski definition) is 3. The van der Waals surface area contributed by atoms with Gasteiger partial charge >= 0.3 is 0 Å². The predicted octanol–water partition coefficient (Wildman–Crippen LogP) is 4.01. The van der Waals surface area contributed by atoms with Gasteiger partial charge in [-0.15, -0.1) is 0 Å². The smallest absolute Gasteiger partial charge is 0.243 e. The minimum atomic E-state index is -0.293. The highest BCUT2D eigenvalue weighted by atomic mass is 32.1. The summed E-state index contributed by atoms with van der Waals surface area (Å²) in [5.74, 6) is -0.0106. The molecule has 3 aromatic carbocycles. The Kier molecular flexibility index (Phi) is 7.02. The van der Waals surface area contributed by atoms with Gasteiger partial charge in [0.2, 0.25) is 5.91 Å². The molecule has 0 spiro atoms. The first-order valence-corrected chi connectivity index (χ1v) is 11.3. The average Bonchev–Trinajstić information content (AvgIpc) is 3.33. The molecule has 1 aliphatic rings. The molecule has 0 saturated carbocycles. The normalized spacial score (nSPS) is 15.5. The van der Waals surface area contributed by atoms with Crippen LogP contribution in [0, 0.1) is 0 Å². The van der Waals surface area contributed by atoms with Gasteiger partial charge in [0.25, 0.3) is 0 Å². The van der Waals surface area contributed by atoms with E-state index in [2.05, 4.69) is 10.6 Å². The van der Waals surface area contributed by atoms with E-state index in [1.165, 1.54) is 0 Å². The molecule has 164 valence electrons. The molecule has 0 aromatic heterocycles. The number of nitrogens with one attached hydrogen (secondary N) is 2. The maximum Gasteiger partial charge on any atom is 0.243 e. The van der Waals surface area contributed by atoms with Gasteiger partial charge in [0.05, 0.1) is 6.04 Å². The van der Waals surface area contributed by atoms with Gasteiger partial charge in [0, 0.05) is 18.8 Å². The molecule has 1 heterocycles. The van der Waals surface area contributed by atoms with E-state index in [-0.39, 0.29) is 18.0 Å². The van der Waals surface area contributed by atoms with E-state index in [0.29, 0.717) is 11.7 Å². The molecule has 0 radical (unpaired) electrons. The first-order valence-electron chi connectivity index (χ1n) is 10.9. The highest BCUT2D eigenvalue weighted by Gasteiger charge is 2.33. The number of nitrogens with two attached hydrogens (primary N) is 1. The Morgan fingerprint density at radius 3 is 2.19 bits per heavy atom. The number of carbonyl (C=O) groups excluding carboxylic acids is 1. The zero-order chi connectivity index (χ0) is 22.3. The van der Waals surface area contributed by atoms with Crippen molar-refractivity contribution in [2.24, 2.45) is 0 Å². The van der Waals surface area contributed by atoms with Crippen molar-refractivity contribution in [1.82, 2.24) is 15.5 Å². The van der Waals surface area contributed by atoms with E-state index in [0.717, 1.165) is 41.8 Å². The van der Waals surface area contributed by atoms with Crippen LogP contribution in [0.5, 0.6) is 0 Å². The minimum Gasteiger partial charge on any atom is -0.398 e. The van der Waals surface area contributed by atoms with Crippen LogP contribution in [-0.4, -0.2) is 28.5 Å². The molecule has 1 saturated heterocycles. The van der Waals surface area contributed by atoms with Crippen molar-refractivity contribution in [3.05, 3.63) is 102 Å². The monoisotopic (exact) mass is 444 g/mol. The molecular weight excluding hydrogens is 416 g/mol. The van der Waals surface area contributed by atoms with Gasteiger partial charge in [-0.2, -0.15) is 0 Å². The lowest BCUT2D eigenvalue weighted by Crippen LogP contribution is -2.50. The first-order chi connectivity index (χ1) is 15.6. The Hall–Kier alpha value is -3.38. The summed E-state index contributed by atoms with van der Waals surface area (Å²) in [6.45, 7) is 1.29. The fourth-order valence-corrected chi connectivity index (χ4v) is 4.43. The Labute approximate surface area is 194 Å². The highest BCUT2D eigenvalue weighted by molar-refractivity contribution is 7.80. The van der Waals surface area contributed by atoms with Crippen LogP contribution in [0.15, 0.2) is 84.9 Å². The molecule has 0 aliphatic carbocycles. The van der Waals surface area contributed by atoms with Crippen LogP contribution in [0.3, 0.4) is 0 Å². The molecule has 4 rings (SSSR count). The van der Waals surface area contributed by atoms with Crippen molar-refractivity contribution in [1.29, 1.82) is 0 Å². The lowest BCUT2D eigenvalue weighted by molar-refractivity contribution is -0.124. The van der Waals surface area contributed by atoms with Gasteiger partial charge in [0.1, 0.15) is 6.04 Å². The van der Waals surface area contributed by atoms with Crippen LogP contribution in [0.25, 0.3) is 0 Å². The molecule has 1 aliphatic heterocycles. The Morgan fingerprint density at radius 2 is 1.56 bits per heavy atom. The second kappa shape index (κ2) is 10.3. The number of carbonyl (C=O) groups is 1. The van der Waals surface area contributed by atoms with Crippen molar-refractivity contribution in [2.75, 3.05) is 12.3 Å². The van der Waals surface area contributed by atoms with Gasteiger partial charge in [0.15, 0.2) is 5.11 Å². The number of nitrogen functional groups attached to an aromatic ring is 1. The zero-order valence-electron chi connectivity index (χ0n) is 17.9. The molecular formula is C26H28N4OS. The minimum absolute atomic E-state index is 0.0106. The molecule has 4 N–H and O–H groups in total. The Morgan fingerprint density at radius 1 is 0.969 bits per heavy atom. The summed E-state index contributed by atoms with van der Waals surface area (Å²) >= 11 is 5.65. The second-order valence-electron chi connectivity index (χ2n) is 7.97. The number of nitrogens with zero attached hydrogens (tertiary/aromatic N) is 1. The van der Waals surface area contributed by atoms with Crippen molar-refractivity contribution in [3.8, 4) is 0 Å². The van der Waals surface area contributed by atoms with E-state index in [1.807, 2.05) is 89.8 Å². The molecule has 5 nitrogen and oxygen atoms in total. The van der Waals surface area contributed by atoms with E-state index < -0.39 is 0 Å². The summed E-state index contributed by atoms with van der Waals surface area (Å²) in [4.78, 5) is 15.4. The van der Waals surface area contributed by atoms with Crippen LogP contribution in [0.1, 0.15) is 35.6 Å². The quantitative estimate of drug-likeness (QED) is 0.396. The third kappa shape index (κ3) is 5.08. The summed E-state index contributed by atoms with van der Waals surface area (Å²) in [6.07, 6.45) is 1.70. The molecule has 1 atom stereocenters. The van der Waals surface area contributed by atoms with Gasteiger partial charge in [-0.25, -0.2) is 0 Å². The third-order valence-corrected chi connectivity index (χ3v) is 6.23. The van der Waals surface area contributed by atoms with Crippen LogP contribution in [0.4, 0.5) is 5.69 Å². The average molecular weight is 445 g/mol. The number of thiocarbonyl (C=S) groups is 1. The first kappa shape index (κ1) is 21.8. The van der Waals surface area contributed by atoms with Gasteiger partial charge < -0.3 is 21.3 Å². The van der Waals surface area contributed by atoms with Crippen LogP contribution >= 0.6 is 12.2 Å². The topological polar surface area (TPSA) is 70.4 Å². The van der Waals surface area contributed by atoms with Crippen molar-refractivity contribution >= 4 is 28.9 Å². The van der Waals surface area contributed by atoms with Crippen LogP contribution in [-0.2, 0) is 11.3 Å². The lowest BCUT2D eigenvalue weighted by atomic mass is 9.98. The fourth-order valence-electron chi connectivity index (χ4n) is 4.14. The van der Waals surface area contributed by atoms with Gasteiger partial charge in [-0.05, 0) is 47.8 Å². The van der Waals surface area contributed by atoms with Gasteiger partial charge in [-0.3, -0.25) is 4.79 Å². The summed E-state index contributed by atoms with van der Waals surface area (Å²) < 4.78 is 0. The number of rotatable bonds is 6. The van der Waals surface area contributed by atoms with Crippen LogP contribution in [0.2, 0.25) is 0 Å². The second-order valence-corrected chi connectivity index (χ2v) is 8.36. The van der Waals surface area contributed by atoms with Crippen molar-refractivity contribution < 1.29 is 4.79 Å². The molecule has 1 amide bonds. The number of amides is 1. The summed E-state index contributed by atoms with van der Waals surface area (Å²) in [5.41, 5.74) is 9.86. The SMILES string of the molecule is Nc1ccccc1CNC(=S)N1CCC[C@H]1C(=O)NC(c1ccccc1)c1ccccc1. The molecule has 0 unspecified atom stereocenters. The fraction of sp³-hybridized carbons (Fsp3) is 0.231. The lowest BCUT2D eigenvalue weighted by Gasteiger charge is -2.29. The maximum atomic E-state index is 13.4. The summed E-state index contributed by atoms with van der Waals surface area (Å²) in [6, 6.07) is 27.3. The Balaban J connectivity index is 1.46. The number of para-hydroxylation sites is 1. The summed E-state index contributed by atoms with van der Waals surface area (Å²) in [7, 11) is 0. The third-order valence-electron chi connectivity index (χ3n) is 5.85. The zero-order valence-corrected chi connectivity index (χ0v) is 18.7. The van der Waals surface area contributed by atoms with Crippen molar-refractivity contribution in [2.45, 2.75) is 31.5 Å². The molecule has 6 heteroatoms. The van der Waals surface area contributed by atoms with Crippen molar-refractivity contribution in [3.63, 3.8) is 0 Å². The van der Waals surface area contributed by atoms with E-state index in [1.54, 1.807) is 0 Å². The number of benzene rings is 3.